The molecule has 9 saturated carbocycles. The monoisotopic (exact) mass is 1960 g/mol. The molecule has 145 heavy (non-hydrogen) atoms. The molecule has 0 spiro atoms. The van der Waals surface area contributed by atoms with Gasteiger partial charge in [-0.25, -0.2) is 0 Å². The highest BCUT2D eigenvalue weighted by molar-refractivity contribution is 7.09. The Balaban J connectivity index is 0.671. The summed E-state index contributed by atoms with van der Waals surface area (Å²) in [5.74, 6) is 5.28. The third-order valence-corrected chi connectivity index (χ3v) is 38.8. The van der Waals surface area contributed by atoms with E-state index in [0.29, 0.717) is 53.3 Å². The van der Waals surface area contributed by atoms with Crippen molar-refractivity contribution in [3.8, 4) is 66.8 Å². The first-order valence-corrected chi connectivity index (χ1v) is 60.5. The van der Waals surface area contributed by atoms with Crippen molar-refractivity contribution in [1.29, 1.82) is 0 Å². The Kier molecular flexibility index (Phi) is 30.0. The van der Waals surface area contributed by atoms with Crippen LogP contribution in [0.3, 0.4) is 0 Å². The zero-order valence-corrected chi connectivity index (χ0v) is 88.4. The second-order valence-electron chi connectivity index (χ2n) is 45.5. The second-order valence-corrected chi connectivity index (χ2v) is 47.7. The number of nitrogens with zero attached hydrogens (tertiary/aromatic N) is 4. The Morgan fingerprint density at radius 2 is 0.276 bits per heavy atom. The van der Waals surface area contributed by atoms with Gasteiger partial charge in [0.05, 0.1) is 17.1 Å². The lowest BCUT2D eigenvalue weighted by molar-refractivity contribution is 0.443. The summed E-state index contributed by atoms with van der Waals surface area (Å²) in [6.45, 7) is 0. The molecule has 3 heterocycles. The molecule has 0 bridgehead atoms. The van der Waals surface area contributed by atoms with Gasteiger partial charge in [-0.3, -0.25) is 0 Å². The molecule has 0 atom stereocenters. The van der Waals surface area contributed by atoms with Gasteiger partial charge in [0.1, 0.15) is 0 Å². The van der Waals surface area contributed by atoms with Crippen LogP contribution < -0.4 is 19.6 Å². The summed E-state index contributed by atoms with van der Waals surface area (Å²) in [4.78, 5) is 10.5. The maximum Gasteiger partial charge on any atom is 0.0541 e. The van der Waals surface area contributed by atoms with E-state index < -0.39 is 0 Å². The smallest absolute Gasteiger partial charge is 0.0541 e. The number of anilines is 12. The lowest BCUT2D eigenvalue weighted by Crippen LogP contribution is -2.16. The quantitative estimate of drug-likeness (QED) is 0.0509. The van der Waals surface area contributed by atoms with Crippen LogP contribution in [-0.2, 0) is 0 Å². The van der Waals surface area contributed by atoms with Crippen molar-refractivity contribution in [3.05, 3.63) is 355 Å². The van der Waals surface area contributed by atoms with E-state index in [-0.39, 0.29) is 0 Å². The van der Waals surface area contributed by atoms with Gasteiger partial charge in [-0.1, -0.05) is 301 Å². The molecule has 740 valence electrons. The number of hydrogen-bond acceptors (Lipinski definition) is 7. The van der Waals surface area contributed by atoms with Gasteiger partial charge in [0.25, 0.3) is 0 Å². The fourth-order valence-corrected chi connectivity index (χ4v) is 30.8. The number of thiophene rings is 3. The predicted molar refractivity (Wildman–Crippen MR) is 624 cm³/mol. The standard InChI is InChI=1S/C138H150N4S3/c1-10-28-97(29-11-1)106-46-67-118(68-47-106)139(119-69-48-107(49-70-119)98-30-12-2-13-31-98)124-79-58-112(59-80-124)130-91-143-94-133(130)127-88-115(103-40-22-7-23-41-103)64-85-136(127)142(137-86-65-116(104-42-24-8-25-43-104)89-128(137)134-95-144-92-131(134)113-60-81-125(82-61-113)140(120-71-50-108(51-72-120)99-32-14-3-15-33-99)121-73-52-109(53-74-121)100-34-16-4-17-35-100)138-87-66-117(105-44-26-9-27-45-105)90-129(138)135-96-145-93-132(135)114-62-83-126(84-63-114)141(122-75-54-110(55-76-122)101-36-18-5-19-37-101)123-77-56-111(57-78-123)102-38-20-6-21-39-102/h46-105H,1-45H2. The van der Waals surface area contributed by atoms with Gasteiger partial charge in [-0.2, -0.15) is 34.0 Å². The molecule has 0 N–H and O–H groups in total. The van der Waals surface area contributed by atoms with Crippen LogP contribution in [0.15, 0.2) is 305 Å². The Morgan fingerprint density at radius 3 is 0.448 bits per heavy atom. The molecule has 0 aliphatic heterocycles. The highest BCUT2D eigenvalue weighted by atomic mass is 32.1. The minimum Gasteiger partial charge on any atom is -0.311 e. The number of hydrogen-bond donors (Lipinski definition) is 0. The molecule has 9 fully saturated rings. The van der Waals surface area contributed by atoms with Crippen LogP contribution in [-0.4, -0.2) is 0 Å². The molecule has 12 aromatic carbocycles. The zero-order chi connectivity index (χ0) is 96.6. The van der Waals surface area contributed by atoms with Gasteiger partial charge >= 0.3 is 0 Å². The topological polar surface area (TPSA) is 13.0 Å². The van der Waals surface area contributed by atoms with Crippen molar-refractivity contribution in [2.24, 2.45) is 0 Å². The Hall–Kier alpha value is -11.1. The third-order valence-electron chi connectivity index (χ3n) is 36.5. The molecule has 9 aliphatic carbocycles. The van der Waals surface area contributed by atoms with Gasteiger partial charge in [-0.15, -0.1) is 0 Å². The van der Waals surface area contributed by atoms with Gasteiger partial charge < -0.3 is 19.6 Å². The largest absolute Gasteiger partial charge is 0.311 e. The van der Waals surface area contributed by atoms with Crippen LogP contribution in [0, 0.1) is 0 Å². The molecular weight excluding hydrogens is 1810 g/mol. The fourth-order valence-electron chi connectivity index (χ4n) is 28.2. The molecule has 4 nitrogen and oxygen atoms in total. The van der Waals surface area contributed by atoms with Gasteiger partial charge in [0.15, 0.2) is 0 Å². The molecule has 0 unspecified atom stereocenters. The molecule has 9 aliphatic rings. The van der Waals surface area contributed by atoms with Crippen molar-refractivity contribution >= 4 is 102 Å². The summed E-state index contributed by atoms with van der Waals surface area (Å²) in [5.41, 5.74) is 43.2. The number of rotatable bonds is 27. The Labute approximate surface area is 879 Å². The van der Waals surface area contributed by atoms with Crippen molar-refractivity contribution in [2.45, 2.75) is 342 Å². The van der Waals surface area contributed by atoms with Crippen LogP contribution in [0.4, 0.5) is 68.2 Å². The molecule has 7 heteroatoms. The SMILES string of the molecule is c1cc(N(c2ccc(C3CCCCC3)cc2)c2ccc(C3CCCCC3)cc2)ccc1-c1cscc1-c1cc(C2CCCCC2)ccc1N(c1ccc(C2CCCCC2)cc1-c1cscc1-c1ccc(N(c2ccc(C3CCCCC3)cc2)c2ccc(C3CCCCC3)cc2)cc1)c1ccc(C2CCCCC2)cc1-c1cscc1-c1ccc(N(c2ccc(C3CCCCC3)cc2)c2ccc(C3CCCCC3)cc2)cc1. The lowest BCUT2D eigenvalue weighted by Gasteiger charge is -2.34. The minimum absolute atomic E-state index is 0.474. The highest BCUT2D eigenvalue weighted by Crippen LogP contribution is 2.58. The predicted octanol–water partition coefficient (Wildman–Crippen LogP) is 44.2. The summed E-state index contributed by atoms with van der Waals surface area (Å²) in [6.07, 6.45) is 58.5. The molecule has 15 aromatic rings. The van der Waals surface area contributed by atoms with Crippen LogP contribution >= 0.6 is 34.0 Å². The van der Waals surface area contributed by atoms with Crippen molar-refractivity contribution in [3.63, 3.8) is 0 Å². The van der Waals surface area contributed by atoms with Crippen LogP contribution in [0.1, 0.15) is 392 Å². The van der Waals surface area contributed by atoms with Gasteiger partial charge in [-0.05, 0) is 413 Å². The van der Waals surface area contributed by atoms with E-state index in [0.717, 1.165) is 0 Å². The van der Waals surface area contributed by atoms with E-state index in [9.17, 15) is 0 Å². The van der Waals surface area contributed by atoms with E-state index in [1.165, 1.54) is 474 Å². The summed E-state index contributed by atoms with van der Waals surface area (Å²) in [7, 11) is 0. The third kappa shape index (κ3) is 21.2. The van der Waals surface area contributed by atoms with Crippen molar-refractivity contribution in [1.82, 2.24) is 0 Å². The van der Waals surface area contributed by atoms with E-state index in [1.807, 2.05) is 34.0 Å². The van der Waals surface area contributed by atoms with Crippen LogP contribution in [0.2, 0.25) is 0 Å². The summed E-state index contributed by atoms with van der Waals surface area (Å²) >= 11 is 5.60. The average Bonchev–Trinajstić information content (AvgIpc) is 1.72. The van der Waals surface area contributed by atoms with Crippen LogP contribution in [0.5, 0.6) is 0 Å². The van der Waals surface area contributed by atoms with Gasteiger partial charge in [0.2, 0.25) is 0 Å². The first-order valence-electron chi connectivity index (χ1n) is 57.6. The molecule has 0 radical (unpaired) electrons. The maximum absolute atomic E-state index is 2.84. The van der Waals surface area contributed by atoms with E-state index in [2.05, 4.69) is 325 Å². The maximum atomic E-state index is 2.84. The first-order chi connectivity index (χ1) is 71.9. The van der Waals surface area contributed by atoms with Crippen LogP contribution in [0.25, 0.3) is 66.8 Å². The Morgan fingerprint density at radius 1 is 0.131 bits per heavy atom. The van der Waals surface area contributed by atoms with E-state index in [1.54, 1.807) is 0 Å². The molecule has 0 saturated heterocycles. The average molecular weight is 1960 g/mol. The molecule has 0 amide bonds. The summed E-state index contributed by atoms with van der Waals surface area (Å²) < 4.78 is 0. The highest BCUT2D eigenvalue weighted by Gasteiger charge is 2.34. The van der Waals surface area contributed by atoms with E-state index in [4.69, 9.17) is 0 Å². The first kappa shape index (κ1) is 96.1. The summed E-state index contributed by atoms with van der Waals surface area (Å²) in [5, 5.41) is 15.0. The lowest BCUT2D eigenvalue weighted by atomic mass is 9.81. The van der Waals surface area contributed by atoms with E-state index >= 15 is 0 Å². The van der Waals surface area contributed by atoms with Gasteiger partial charge in [0, 0.05) is 101 Å². The fraction of sp³-hybridized carbons (Fsp3) is 0.391. The van der Waals surface area contributed by atoms with Crippen molar-refractivity contribution < 1.29 is 0 Å². The molecular formula is C138H150N4S3. The van der Waals surface area contributed by atoms with Crippen molar-refractivity contribution in [2.75, 3.05) is 19.6 Å². The minimum atomic E-state index is 0.474. The molecule has 3 aromatic heterocycles. The number of benzene rings is 12. The zero-order valence-electron chi connectivity index (χ0n) is 86.0. The normalized spacial score (nSPS) is 18.4. The molecule has 24 rings (SSSR count). The Bertz CT molecular complexity index is 5910. The summed E-state index contributed by atoms with van der Waals surface area (Å²) in [6, 6.07) is 112. The second kappa shape index (κ2) is 45.3.